The van der Waals surface area contributed by atoms with Gasteiger partial charge in [-0.25, -0.2) is 19.3 Å². The Labute approximate surface area is 114 Å². The van der Waals surface area contributed by atoms with Gasteiger partial charge in [-0.1, -0.05) is 0 Å². The molecule has 0 aliphatic heterocycles. The summed E-state index contributed by atoms with van der Waals surface area (Å²) in [5.74, 6) is 0.965. The summed E-state index contributed by atoms with van der Waals surface area (Å²) in [6.45, 7) is 14.5. The van der Waals surface area contributed by atoms with Gasteiger partial charge in [0.05, 0.1) is 11.1 Å². The van der Waals surface area contributed by atoms with E-state index in [1.165, 1.54) is 0 Å². The first-order valence-corrected chi connectivity index (χ1v) is 6.34. The van der Waals surface area contributed by atoms with Gasteiger partial charge in [-0.05, 0) is 48.5 Å². The van der Waals surface area contributed by atoms with Gasteiger partial charge in [0.2, 0.25) is 0 Å². The van der Waals surface area contributed by atoms with E-state index in [1.807, 2.05) is 16.3 Å². The van der Waals surface area contributed by atoms with Gasteiger partial charge < -0.3 is 0 Å². The SMILES string of the molecule is CC(C)(C)n1cncn1.Cc1ncnn1C(C)(C)C. The summed E-state index contributed by atoms with van der Waals surface area (Å²) in [6.07, 6.45) is 4.85. The Bertz CT molecular complexity index is 484. The molecule has 6 nitrogen and oxygen atoms in total. The van der Waals surface area contributed by atoms with Crippen molar-refractivity contribution in [2.75, 3.05) is 0 Å². The van der Waals surface area contributed by atoms with Crippen molar-refractivity contribution in [3.8, 4) is 0 Å². The minimum atomic E-state index is 0.0561. The molecule has 0 saturated carbocycles. The Kier molecular flexibility index (Phi) is 4.44. The van der Waals surface area contributed by atoms with E-state index in [0.29, 0.717) is 0 Å². The van der Waals surface area contributed by atoms with Crippen molar-refractivity contribution in [1.29, 1.82) is 0 Å². The van der Waals surface area contributed by atoms with E-state index in [1.54, 1.807) is 19.0 Å². The van der Waals surface area contributed by atoms with Crippen LogP contribution in [0.2, 0.25) is 0 Å². The highest BCUT2D eigenvalue weighted by atomic mass is 15.4. The molecule has 0 saturated heterocycles. The Hall–Kier alpha value is -1.72. The molecule has 6 heteroatoms. The molecule has 2 aromatic heterocycles. The maximum absolute atomic E-state index is 4.09. The summed E-state index contributed by atoms with van der Waals surface area (Å²) < 4.78 is 3.74. The number of hydrogen-bond acceptors (Lipinski definition) is 4. The first-order chi connectivity index (χ1) is 8.62. The molecule has 0 amide bonds. The second kappa shape index (κ2) is 5.50. The summed E-state index contributed by atoms with van der Waals surface area (Å²) in [5.41, 5.74) is 0.122. The zero-order chi connectivity index (χ0) is 14.7. The van der Waals surface area contributed by atoms with E-state index in [-0.39, 0.29) is 11.1 Å². The van der Waals surface area contributed by atoms with Crippen LogP contribution in [-0.2, 0) is 11.1 Å². The molecule has 0 aliphatic carbocycles. The van der Waals surface area contributed by atoms with Crippen molar-refractivity contribution in [2.45, 2.75) is 59.5 Å². The third-order valence-corrected chi connectivity index (χ3v) is 2.46. The van der Waals surface area contributed by atoms with Crippen molar-refractivity contribution in [3.05, 3.63) is 24.8 Å². The normalized spacial score (nSPS) is 11.9. The van der Waals surface area contributed by atoms with Crippen molar-refractivity contribution >= 4 is 0 Å². The quantitative estimate of drug-likeness (QED) is 0.733. The van der Waals surface area contributed by atoms with Crippen LogP contribution in [0.3, 0.4) is 0 Å². The maximum atomic E-state index is 4.09. The van der Waals surface area contributed by atoms with E-state index in [0.717, 1.165) is 5.82 Å². The number of hydrogen-bond donors (Lipinski definition) is 0. The molecule has 0 unspecified atom stereocenters. The molecule has 0 aromatic carbocycles. The summed E-state index contributed by atoms with van der Waals surface area (Å²) in [4.78, 5) is 7.88. The van der Waals surface area contributed by atoms with Gasteiger partial charge in [0.1, 0.15) is 24.8 Å². The van der Waals surface area contributed by atoms with Gasteiger partial charge in [0.25, 0.3) is 0 Å². The standard InChI is InChI=1S/C7H13N3.C6H11N3/c1-6-8-5-9-10(6)7(2,3)4;1-6(2,3)9-5-7-4-8-9/h5H,1-4H3;4-5H,1-3H3. The summed E-state index contributed by atoms with van der Waals surface area (Å²) in [6, 6.07) is 0. The van der Waals surface area contributed by atoms with Crippen LogP contribution >= 0.6 is 0 Å². The lowest BCUT2D eigenvalue weighted by Crippen LogP contribution is -2.24. The monoisotopic (exact) mass is 264 g/mol. The Morgan fingerprint density at radius 1 is 0.895 bits per heavy atom. The molecule has 2 heterocycles. The van der Waals surface area contributed by atoms with Crippen molar-refractivity contribution in [3.63, 3.8) is 0 Å². The van der Waals surface area contributed by atoms with Crippen LogP contribution < -0.4 is 0 Å². The average Bonchev–Trinajstić information content (AvgIpc) is 2.84. The van der Waals surface area contributed by atoms with Gasteiger partial charge in [0.15, 0.2) is 0 Å². The topological polar surface area (TPSA) is 61.4 Å². The fourth-order valence-electron chi connectivity index (χ4n) is 1.51. The first kappa shape index (κ1) is 15.3. The molecule has 0 bridgehead atoms. The lowest BCUT2D eigenvalue weighted by atomic mass is 10.1. The fourth-order valence-corrected chi connectivity index (χ4v) is 1.51. The van der Waals surface area contributed by atoms with Crippen molar-refractivity contribution < 1.29 is 0 Å². The van der Waals surface area contributed by atoms with Gasteiger partial charge in [-0.15, -0.1) is 0 Å². The molecular weight excluding hydrogens is 240 g/mol. The molecule has 2 rings (SSSR count). The third-order valence-electron chi connectivity index (χ3n) is 2.46. The highest BCUT2D eigenvalue weighted by Gasteiger charge is 2.15. The van der Waals surface area contributed by atoms with Crippen LogP contribution in [0.25, 0.3) is 0 Å². The molecule has 0 fully saturated rings. The zero-order valence-corrected chi connectivity index (χ0v) is 12.9. The van der Waals surface area contributed by atoms with Crippen LogP contribution in [-0.4, -0.2) is 29.5 Å². The summed E-state index contributed by atoms with van der Waals surface area (Å²) in [5, 5.41) is 8.09. The lowest BCUT2D eigenvalue weighted by Gasteiger charge is -2.19. The van der Waals surface area contributed by atoms with Crippen molar-refractivity contribution in [1.82, 2.24) is 29.5 Å². The third kappa shape index (κ3) is 4.46. The molecular formula is C13H24N6. The highest BCUT2D eigenvalue weighted by Crippen LogP contribution is 2.12. The lowest BCUT2D eigenvalue weighted by molar-refractivity contribution is 0.346. The van der Waals surface area contributed by atoms with Crippen LogP contribution in [0.5, 0.6) is 0 Å². The number of rotatable bonds is 0. The van der Waals surface area contributed by atoms with E-state index >= 15 is 0 Å². The van der Waals surface area contributed by atoms with E-state index in [4.69, 9.17) is 0 Å². The molecule has 0 aliphatic rings. The maximum Gasteiger partial charge on any atom is 0.138 e. The predicted octanol–water partition coefficient (Wildman–Crippen LogP) is 2.37. The smallest absolute Gasteiger partial charge is 0.138 e. The number of aromatic nitrogens is 6. The average molecular weight is 264 g/mol. The van der Waals surface area contributed by atoms with E-state index in [2.05, 4.69) is 61.7 Å². The molecule has 0 spiro atoms. The first-order valence-electron chi connectivity index (χ1n) is 6.34. The molecule has 0 radical (unpaired) electrons. The van der Waals surface area contributed by atoms with Gasteiger partial charge >= 0.3 is 0 Å². The van der Waals surface area contributed by atoms with E-state index < -0.39 is 0 Å². The van der Waals surface area contributed by atoms with Crippen LogP contribution in [0.4, 0.5) is 0 Å². The Balaban J connectivity index is 0.000000191. The zero-order valence-electron chi connectivity index (χ0n) is 12.9. The number of nitrogens with zero attached hydrogens (tertiary/aromatic N) is 6. The highest BCUT2D eigenvalue weighted by molar-refractivity contribution is 4.85. The number of aryl methyl sites for hydroxylation is 1. The Morgan fingerprint density at radius 3 is 1.74 bits per heavy atom. The largest absolute Gasteiger partial charge is 0.248 e. The van der Waals surface area contributed by atoms with E-state index in [9.17, 15) is 0 Å². The van der Waals surface area contributed by atoms with Crippen LogP contribution in [0, 0.1) is 6.92 Å². The predicted molar refractivity (Wildman–Crippen MR) is 74.8 cm³/mol. The van der Waals surface area contributed by atoms with Crippen LogP contribution in [0.15, 0.2) is 19.0 Å². The minimum absolute atomic E-state index is 0.0561. The fraction of sp³-hybridized carbons (Fsp3) is 0.692. The molecule has 2 aromatic rings. The van der Waals surface area contributed by atoms with Crippen LogP contribution in [0.1, 0.15) is 47.4 Å². The summed E-state index contributed by atoms with van der Waals surface area (Å²) in [7, 11) is 0. The molecule has 19 heavy (non-hydrogen) atoms. The van der Waals surface area contributed by atoms with Gasteiger partial charge in [-0.2, -0.15) is 10.2 Å². The van der Waals surface area contributed by atoms with Gasteiger partial charge in [0, 0.05) is 0 Å². The Morgan fingerprint density at radius 2 is 1.53 bits per heavy atom. The molecule has 0 atom stereocenters. The minimum Gasteiger partial charge on any atom is -0.248 e. The van der Waals surface area contributed by atoms with Gasteiger partial charge in [-0.3, -0.25) is 0 Å². The van der Waals surface area contributed by atoms with Crippen molar-refractivity contribution in [2.24, 2.45) is 0 Å². The second-order valence-corrected chi connectivity index (χ2v) is 6.40. The molecule has 0 N–H and O–H groups in total. The second-order valence-electron chi connectivity index (χ2n) is 6.40. The summed E-state index contributed by atoms with van der Waals surface area (Å²) >= 11 is 0. The molecule has 106 valence electrons.